The summed E-state index contributed by atoms with van der Waals surface area (Å²) in [5.41, 5.74) is 4.29. The van der Waals surface area contributed by atoms with Crippen molar-refractivity contribution in [2.45, 2.75) is 0 Å². The lowest BCUT2D eigenvalue weighted by molar-refractivity contribution is -0.136. The van der Waals surface area contributed by atoms with Crippen LogP contribution in [0.1, 0.15) is 0 Å². The van der Waals surface area contributed by atoms with Crippen LogP contribution in [-0.2, 0) is 4.79 Å². The first-order valence-corrected chi connectivity index (χ1v) is 11.2. The Morgan fingerprint density at radius 1 is 0.613 bits per heavy atom. The fraction of sp³-hybridized carbons (Fsp3) is 0.0385. The molecule has 0 spiro atoms. The van der Waals surface area contributed by atoms with E-state index in [1.54, 1.807) is 6.07 Å². The van der Waals surface area contributed by atoms with Crippen LogP contribution in [0.15, 0.2) is 106 Å². The molecule has 0 aromatic heterocycles. The predicted molar refractivity (Wildman–Crippen MR) is 130 cm³/mol. The second-order valence-corrected chi connectivity index (χ2v) is 8.49. The Morgan fingerprint density at radius 2 is 1.10 bits per heavy atom. The van der Waals surface area contributed by atoms with Gasteiger partial charge in [-0.25, -0.2) is 4.79 Å². The van der Waals surface area contributed by atoms with E-state index in [9.17, 15) is 4.79 Å². The summed E-state index contributed by atoms with van der Waals surface area (Å²) in [4.78, 5) is 12.3. The SMILES string of the molecule is O=C(COc1ccc(-c2ccccc2)cc1Br)Oc1ccc(-c2ccccc2)cc1Br. The molecule has 0 aliphatic carbocycles. The number of halogens is 2. The predicted octanol–water partition coefficient (Wildman–Crippen LogP) is 7.53. The van der Waals surface area contributed by atoms with Gasteiger partial charge in [0.1, 0.15) is 11.5 Å². The van der Waals surface area contributed by atoms with E-state index in [1.807, 2.05) is 91.0 Å². The van der Waals surface area contributed by atoms with Gasteiger partial charge in [0, 0.05) is 0 Å². The Labute approximate surface area is 197 Å². The summed E-state index contributed by atoms with van der Waals surface area (Å²) in [7, 11) is 0. The Hall–Kier alpha value is -2.89. The standard InChI is InChI=1S/C26H18Br2O3/c27-22-15-20(18-7-3-1-4-8-18)11-13-24(22)30-17-26(29)31-25-14-12-21(16-23(25)28)19-9-5-2-6-10-19/h1-16H,17H2. The first kappa shape index (κ1) is 21.3. The largest absolute Gasteiger partial charge is 0.481 e. The van der Waals surface area contributed by atoms with Crippen molar-refractivity contribution in [2.75, 3.05) is 6.61 Å². The van der Waals surface area contributed by atoms with Crippen molar-refractivity contribution >= 4 is 37.8 Å². The Balaban J connectivity index is 1.38. The van der Waals surface area contributed by atoms with E-state index < -0.39 is 5.97 Å². The van der Waals surface area contributed by atoms with Crippen molar-refractivity contribution in [3.63, 3.8) is 0 Å². The van der Waals surface area contributed by atoms with Gasteiger partial charge in [-0.2, -0.15) is 0 Å². The molecular weight excluding hydrogens is 520 g/mol. The number of benzene rings is 4. The van der Waals surface area contributed by atoms with Crippen molar-refractivity contribution in [3.05, 3.63) is 106 Å². The number of carbonyl (C=O) groups is 1. The molecule has 0 unspecified atom stereocenters. The highest BCUT2D eigenvalue weighted by Gasteiger charge is 2.12. The van der Waals surface area contributed by atoms with E-state index >= 15 is 0 Å². The molecule has 4 rings (SSSR count). The molecule has 0 aliphatic heterocycles. The molecule has 31 heavy (non-hydrogen) atoms. The van der Waals surface area contributed by atoms with Crippen LogP contribution in [0.5, 0.6) is 11.5 Å². The second-order valence-electron chi connectivity index (χ2n) is 6.79. The van der Waals surface area contributed by atoms with Gasteiger partial charge in [0.05, 0.1) is 8.95 Å². The number of ether oxygens (including phenoxy) is 2. The molecule has 0 amide bonds. The van der Waals surface area contributed by atoms with Gasteiger partial charge in [-0.05, 0) is 78.4 Å². The maximum Gasteiger partial charge on any atom is 0.349 e. The number of carbonyl (C=O) groups excluding carboxylic acids is 1. The maximum atomic E-state index is 12.3. The third-order valence-electron chi connectivity index (χ3n) is 4.65. The van der Waals surface area contributed by atoms with Crippen LogP contribution >= 0.6 is 31.9 Å². The van der Waals surface area contributed by atoms with Crippen LogP contribution in [0.4, 0.5) is 0 Å². The van der Waals surface area contributed by atoms with Gasteiger partial charge in [-0.1, -0.05) is 72.8 Å². The second kappa shape index (κ2) is 9.94. The van der Waals surface area contributed by atoms with Gasteiger partial charge < -0.3 is 9.47 Å². The third kappa shape index (κ3) is 5.43. The molecular formula is C26H18Br2O3. The third-order valence-corrected chi connectivity index (χ3v) is 5.89. The van der Waals surface area contributed by atoms with Gasteiger partial charge in [0.2, 0.25) is 0 Å². The van der Waals surface area contributed by atoms with Crippen molar-refractivity contribution in [3.8, 4) is 33.8 Å². The minimum atomic E-state index is -0.479. The molecule has 3 nitrogen and oxygen atoms in total. The molecule has 0 saturated carbocycles. The van der Waals surface area contributed by atoms with Gasteiger partial charge in [0.15, 0.2) is 6.61 Å². The highest BCUT2D eigenvalue weighted by Crippen LogP contribution is 2.32. The highest BCUT2D eigenvalue weighted by atomic mass is 79.9. The lowest BCUT2D eigenvalue weighted by Gasteiger charge is -2.11. The first-order valence-electron chi connectivity index (χ1n) is 9.63. The molecule has 154 valence electrons. The molecule has 0 saturated heterocycles. The lowest BCUT2D eigenvalue weighted by Crippen LogP contribution is -2.18. The van der Waals surface area contributed by atoms with Crippen LogP contribution in [0.3, 0.4) is 0 Å². The smallest absolute Gasteiger partial charge is 0.349 e. The zero-order chi connectivity index (χ0) is 21.6. The number of hydrogen-bond acceptors (Lipinski definition) is 3. The molecule has 0 aliphatic rings. The molecule has 0 radical (unpaired) electrons. The Bertz CT molecular complexity index is 1190. The minimum Gasteiger partial charge on any atom is -0.481 e. The number of rotatable bonds is 6. The summed E-state index contributed by atoms with van der Waals surface area (Å²) < 4.78 is 12.6. The normalized spacial score (nSPS) is 10.5. The Kier molecular flexibility index (Phi) is 6.85. The Morgan fingerprint density at radius 3 is 1.58 bits per heavy atom. The summed E-state index contributed by atoms with van der Waals surface area (Å²) in [5, 5.41) is 0. The van der Waals surface area contributed by atoms with Crippen molar-refractivity contribution in [2.24, 2.45) is 0 Å². The monoisotopic (exact) mass is 536 g/mol. The van der Waals surface area contributed by atoms with E-state index in [-0.39, 0.29) is 6.61 Å². The topological polar surface area (TPSA) is 35.5 Å². The van der Waals surface area contributed by atoms with Crippen LogP contribution in [-0.4, -0.2) is 12.6 Å². The fourth-order valence-electron chi connectivity index (χ4n) is 3.11. The molecule has 5 heteroatoms. The van der Waals surface area contributed by atoms with Crippen LogP contribution in [0, 0.1) is 0 Å². The first-order chi connectivity index (χ1) is 15.1. The molecule has 0 atom stereocenters. The van der Waals surface area contributed by atoms with Gasteiger partial charge >= 0.3 is 5.97 Å². The summed E-state index contributed by atoms with van der Waals surface area (Å²) in [6.07, 6.45) is 0. The van der Waals surface area contributed by atoms with Crippen LogP contribution < -0.4 is 9.47 Å². The summed E-state index contributed by atoms with van der Waals surface area (Å²) >= 11 is 7.00. The molecule has 0 heterocycles. The molecule has 0 bridgehead atoms. The van der Waals surface area contributed by atoms with E-state index in [0.29, 0.717) is 16.0 Å². The molecule has 4 aromatic rings. The number of hydrogen-bond donors (Lipinski definition) is 0. The summed E-state index contributed by atoms with van der Waals surface area (Å²) in [6, 6.07) is 31.4. The lowest BCUT2D eigenvalue weighted by atomic mass is 10.1. The van der Waals surface area contributed by atoms with E-state index in [1.165, 1.54) is 0 Å². The highest BCUT2D eigenvalue weighted by molar-refractivity contribution is 9.10. The van der Waals surface area contributed by atoms with Crippen molar-refractivity contribution in [1.82, 2.24) is 0 Å². The van der Waals surface area contributed by atoms with E-state index in [0.717, 1.165) is 26.7 Å². The van der Waals surface area contributed by atoms with E-state index in [4.69, 9.17) is 9.47 Å². The number of esters is 1. The van der Waals surface area contributed by atoms with Gasteiger partial charge in [-0.3, -0.25) is 0 Å². The quantitative estimate of drug-likeness (QED) is 0.188. The zero-order valence-electron chi connectivity index (χ0n) is 16.4. The maximum absolute atomic E-state index is 12.3. The van der Waals surface area contributed by atoms with Gasteiger partial charge in [0.25, 0.3) is 0 Å². The van der Waals surface area contributed by atoms with E-state index in [2.05, 4.69) is 31.9 Å². The van der Waals surface area contributed by atoms with Crippen LogP contribution in [0.2, 0.25) is 0 Å². The fourth-order valence-corrected chi connectivity index (χ4v) is 4.06. The summed E-state index contributed by atoms with van der Waals surface area (Å²) in [5.74, 6) is 0.550. The minimum absolute atomic E-state index is 0.198. The van der Waals surface area contributed by atoms with Crippen LogP contribution in [0.25, 0.3) is 22.3 Å². The van der Waals surface area contributed by atoms with Gasteiger partial charge in [-0.15, -0.1) is 0 Å². The average molecular weight is 538 g/mol. The molecule has 4 aromatic carbocycles. The van der Waals surface area contributed by atoms with Crippen molar-refractivity contribution < 1.29 is 14.3 Å². The zero-order valence-corrected chi connectivity index (χ0v) is 19.6. The van der Waals surface area contributed by atoms with Crippen molar-refractivity contribution in [1.29, 1.82) is 0 Å². The average Bonchev–Trinajstić information content (AvgIpc) is 2.80. The molecule has 0 N–H and O–H groups in total. The molecule has 0 fully saturated rings. The summed E-state index contributed by atoms with van der Waals surface area (Å²) in [6.45, 7) is -0.198.